The Labute approximate surface area is 120 Å². The third-order valence-corrected chi connectivity index (χ3v) is 3.65. The Kier molecular flexibility index (Phi) is 5.23. The maximum absolute atomic E-state index is 6.36. The number of hydrogen-bond acceptors (Lipinski definition) is 3. The van der Waals surface area contributed by atoms with E-state index in [4.69, 9.17) is 11.6 Å². The van der Waals surface area contributed by atoms with Crippen LogP contribution >= 0.6 is 11.6 Å². The Balaban J connectivity index is 2.03. The Morgan fingerprint density at radius 3 is 2.95 bits per heavy atom. The maximum Gasteiger partial charge on any atom is 0.147 e. The second-order valence-corrected chi connectivity index (χ2v) is 5.48. The number of nitrogens with one attached hydrogen (secondary N) is 1. The van der Waals surface area contributed by atoms with Crippen molar-refractivity contribution in [2.75, 3.05) is 24.5 Å². The second kappa shape index (κ2) is 6.92. The van der Waals surface area contributed by atoms with E-state index < -0.39 is 0 Å². The van der Waals surface area contributed by atoms with Gasteiger partial charge in [-0.05, 0) is 37.9 Å². The highest BCUT2D eigenvalue weighted by atomic mass is 35.5. The van der Waals surface area contributed by atoms with Gasteiger partial charge in [0.15, 0.2) is 0 Å². The molecule has 0 saturated carbocycles. The lowest BCUT2D eigenvalue weighted by Crippen LogP contribution is -2.29. The highest BCUT2D eigenvalue weighted by Gasteiger charge is 2.14. The van der Waals surface area contributed by atoms with Crippen LogP contribution in [0.4, 0.5) is 5.82 Å². The summed E-state index contributed by atoms with van der Waals surface area (Å²) in [4.78, 5) is 6.77. The maximum atomic E-state index is 6.36. The first-order chi connectivity index (χ1) is 9.20. The molecule has 1 aromatic rings. The molecule has 1 aliphatic heterocycles. The molecule has 19 heavy (non-hydrogen) atoms. The molecule has 3 nitrogen and oxygen atoms in total. The normalized spacial score (nSPS) is 15.5. The van der Waals surface area contributed by atoms with Crippen molar-refractivity contribution in [1.82, 2.24) is 10.3 Å². The third-order valence-electron chi connectivity index (χ3n) is 3.37. The molecule has 0 radical (unpaired) electrons. The van der Waals surface area contributed by atoms with Gasteiger partial charge >= 0.3 is 0 Å². The summed E-state index contributed by atoms with van der Waals surface area (Å²) in [6, 6.07) is 2.03. The lowest BCUT2D eigenvalue weighted by molar-refractivity contribution is 0.673. The fourth-order valence-electron chi connectivity index (χ4n) is 2.17. The van der Waals surface area contributed by atoms with Gasteiger partial charge in [-0.25, -0.2) is 4.98 Å². The van der Waals surface area contributed by atoms with Crippen LogP contribution in [-0.2, 0) is 6.54 Å². The number of aromatic nitrogens is 1. The van der Waals surface area contributed by atoms with Crippen LogP contribution in [0.1, 0.15) is 32.3 Å². The summed E-state index contributed by atoms with van der Waals surface area (Å²) in [5, 5.41) is 4.12. The minimum Gasteiger partial charge on any atom is -0.351 e. The summed E-state index contributed by atoms with van der Waals surface area (Å²) in [5.41, 5.74) is 2.60. The van der Waals surface area contributed by atoms with E-state index in [0.717, 1.165) is 55.4 Å². The molecule has 1 N–H and O–H groups in total. The molecular weight excluding hydrogens is 258 g/mol. The molecule has 2 rings (SSSR count). The molecule has 0 fully saturated rings. The van der Waals surface area contributed by atoms with Gasteiger partial charge in [0.25, 0.3) is 0 Å². The average molecular weight is 280 g/mol. The number of hydrogen-bond donors (Lipinski definition) is 1. The fourth-order valence-corrected chi connectivity index (χ4v) is 2.48. The number of rotatable bonds is 5. The predicted octanol–water partition coefficient (Wildman–Crippen LogP) is 3.39. The fraction of sp³-hybridized carbons (Fsp3) is 0.533. The van der Waals surface area contributed by atoms with Crippen LogP contribution in [0.2, 0.25) is 5.02 Å². The second-order valence-electron chi connectivity index (χ2n) is 5.07. The first-order valence-corrected chi connectivity index (χ1v) is 7.34. The Hall–Kier alpha value is -1.06. The average Bonchev–Trinajstić information content (AvgIpc) is 2.41. The van der Waals surface area contributed by atoms with Crippen LogP contribution < -0.4 is 10.2 Å². The van der Waals surface area contributed by atoms with Crippen LogP contribution in [0.5, 0.6) is 0 Å². The van der Waals surface area contributed by atoms with Crippen LogP contribution in [0, 0.1) is 0 Å². The van der Waals surface area contributed by atoms with Gasteiger partial charge < -0.3 is 10.2 Å². The van der Waals surface area contributed by atoms with E-state index in [9.17, 15) is 0 Å². The summed E-state index contributed by atoms with van der Waals surface area (Å²) < 4.78 is 0. The predicted molar refractivity (Wildman–Crippen MR) is 81.8 cm³/mol. The van der Waals surface area contributed by atoms with E-state index in [0.29, 0.717) is 0 Å². The molecule has 0 aromatic carbocycles. The third kappa shape index (κ3) is 3.95. The summed E-state index contributed by atoms with van der Waals surface area (Å²) >= 11 is 6.36. The van der Waals surface area contributed by atoms with Crippen LogP contribution in [-0.4, -0.2) is 24.6 Å². The highest BCUT2D eigenvalue weighted by molar-refractivity contribution is 6.33. The van der Waals surface area contributed by atoms with E-state index in [1.807, 2.05) is 12.3 Å². The number of anilines is 1. The molecule has 1 aromatic heterocycles. The number of nitrogens with zero attached hydrogens (tertiary/aromatic N) is 2. The highest BCUT2D eigenvalue weighted by Crippen LogP contribution is 2.26. The molecule has 0 atom stereocenters. The van der Waals surface area contributed by atoms with Gasteiger partial charge in [0.05, 0.1) is 5.02 Å². The number of halogens is 1. The van der Waals surface area contributed by atoms with Crippen LogP contribution in [0.3, 0.4) is 0 Å². The first-order valence-electron chi connectivity index (χ1n) is 6.96. The van der Waals surface area contributed by atoms with Gasteiger partial charge in [-0.3, -0.25) is 0 Å². The van der Waals surface area contributed by atoms with Gasteiger partial charge in [-0.15, -0.1) is 0 Å². The lowest BCUT2D eigenvalue weighted by Gasteiger charge is -2.27. The zero-order valence-electron chi connectivity index (χ0n) is 11.7. The van der Waals surface area contributed by atoms with E-state index in [1.54, 1.807) is 0 Å². The molecule has 0 spiro atoms. The molecular formula is C15H22ClN3. The Morgan fingerprint density at radius 1 is 1.47 bits per heavy atom. The van der Waals surface area contributed by atoms with Gasteiger partial charge in [-0.1, -0.05) is 30.2 Å². The van der Waals surface area contributed by atoms with Gasteiger partial charge in [-0.2, -0.15) is 0 Å². The van der Waals surface area contributed by atoms with E-state index in [-0.39, 0.29) is 0 Å². The minimum atomic E-state index is 0.753. The van der Waals surface area contributed by atoms with E-state index in [1.165, 1.54) is 5.57 Å². The van der Waals surface area contributed by atoms with Crippen molar-refractivity contribution in [2.45, 2.75) is 33.2 Å². The largest absolute Gasteiger partial charge is 0.351 e. The molecule has 0 amide bonds. The quantitative estimate of drug-likeness (QED) is 0.661. The molecule has 2 heterocycles. The van der Waals surface area contributed by atoms with Crippen molar-refractivity contribution >= 4 is 17.4 Å². The van der Waals surface area contributed by atoms with Crippen molar-refractivity contribution < 1.29 is 0 Å². The lowest BCUT2D eigenvalue weighted by atomic mass is 10.1. The van der Waals surface area contributed by atoms with Crippen molar-refractivity contribution in [3.8, 4) is 0 Å². The molecule has 4 heteroatoms. The van der Waals surface area contributed by atoms with Crippen LogP contribution in [0.15, 0.2) is 23.9 Å². The standard InChI is InChI=1S/C15H22ClN3/c1-3-6-17-10-13-9-14(16)15(18-11-13)19-7-4-12(2)5-8-19/h4,9,11,17H,3,5-8,10H2,1-2H3. The SMILES string of the molecule is CCCNCc1cnc(N2CC=C(C)CC2)c(Cl)c1. The molecule has 104 valence electrons. The zero-order chi connectivity index (χ0) is 13.7. The van der Waals surface area contributed by atoms with Crippen molar-refractivity contribution in [3.05, 3.63) is 34.5 Å². The van der Waals surface area contributed by atoms with Crippen LogP contribution in [0.25, 0.3) is 0 Å². The van der Waals surface area contributed by atoms with Gasteiger partial charge in [0.1, 0.15) is 5.82 Å². The van der Waals surface area contributed by atoms with E-state index in [2.05, 4.69) is 35.1 Å². The Bertz CT molecular complexity index is 457. The Morgan fingerprint density at radius 2 is 2.32 bits per heavy atom. The monoisotopic (exact) mass is 279 g/mol. The van der Waals surface area contributed by atoms with Crippen molar-refractivity contribution in [1.29, 1.82) is 0 Å². The summed E-state index contributed by atoms with van der Waals surface area (Å²) in [5.74, 6) is 0.907. The van der Waals surface area contributed by atoms with Gasteiger partial charge in [0, 0.05) is 25.8 Å². The van der Waals surface area contributed by atoms with E-state index >= 15 is 0 Å². The summed E-state index contributed by atoms with van der Waals surface area (Å²) in [6.07, 6.45) is 6.41. The smallest absolute Gasteiger partial charge is 0.147 e. The van der Waals surface area contributed by atoms with Crippen molar-refractivity contribution in [3.63, 3.8) is 0 Å². The zero-order valence-corrected chi connectivity index (χ0v) is 12.5. The molecule has 0 aliphatic carbocycles. The first kappa shape index (κ1) is 14.4. The molecule has 0 unspecified atom stereocenters. The van der Waals surface area contributed by atoms with Crippen molar-refractivity contribution in [2.24, 2.45) is 0 Å². The molecule has 1 aliphatic rings. The minimum absolute atomic E-state index is 0.753. The topological polar surface area (TPSA) is 28.2 Å². The summed E-state index contributed by atoms with van der Waals surface area (Å²) in [6.45, 7) is 8.10. The number of pyridine rings is 1. The molecule has 0 bridgehead atoms. The molecule has 0 saturated heterocycles. The van der Waals surface area contributed by atoms with Gasteiger partial charge in [0.2, 0.25) is 0 Å². The summed E-state index contributed by atoms with van der Waals surface area (Å²) in [7, 11) is 0.